The second-order valence-corrected chi connectivity index (χ2v) is 6.72. The maximum absolute atomic E-state index is 13.4. The van der Waals surface area contributed by atoms with Crippen LogP contribution in [0.2, 0.25) is 0 Å². The number of carbonyl (C=O) groups is 1. The van der Waals surface area contributed by atoms with Crippen molar-refractivity contribution in [3.63, 3.8) is 0 Å². The van der Waals surface area contributed by atoms with Crippen molar-refractivity contribution in [1.29, 1.82) is 0 Å². The summed E-state index contributed by atoms with van der Waals surface area (Å²) in [6.07, 6.45) is 0.825. The smallest absolute Gasteiger partial charge is 0.254 e. The van der Waals surface area contributed by atoms with Crippen LogP contribution in [-0.2, 0) is 6.42 Å². The van der Waals surface area contributed by atoms with Crippen LogP contribution in [0.4, 0.5) is 4.39 Å². The van der Waals surface area contributed by atoms with E-state index in [2.05, 4.69) is 12.1 Å². The maximum atomic E-state index is 13.4. The molecule has 26 heavy (non-hydrogen) atoms. The van der Waals surface area contributed by atoms with Gasteiger partial charge < -0.3 is 4.90 Å². The van der Waals surface area contributed by atoms with Crippen LogP contribution >= 0.6 is 0 Å². The summed E-state index contributed by atoms with van der Waals surface area (Å²) in [7, 11) is 0. The van der Waals surface area contributed by atoms with Crippen LogP contribution in [0.1, 0.15) is 38.7 Å². The monoisotopic (exact) mass is 345 g/mol. The Kier molecular flexibility index (Phi) is 4.29. The largest absolute Gasteiger partial charge is 0.327 e. The van der Waals surface area contributed by atoms with Crippen LogP contribution in [0.5, 0.6) is 0 Å². The van der Waals surface area contributed by atoms with Crippen molar-refractivity contribution in [1.82, 2.24) is 4.90 Å². The predicted molar refractivity (Wildman–Crippen MR) is 101 cm³/mol. The number of rotatable bonds is 2. The van der Waals surface area contributed by atoms with Crippen LogP contribution in [-0.4, -0.2) is 17.4 Å². The fourth-order valence-corrected chi connectivity index (χ4v) is 3.76. The Morgan fingerprint density at radius 2 is 1.65 bits per heavy atom. The molecule has 0 radical (unpaired) electrons. The lowest BCUT2D eigenvalue weighted by Gasteiger charge is -2.38. The second-order valence-electron chi connectivity index (χ2n) is 6.72. The molecule has 0 bridgehead atoms. The van der Waals surface area contributed by atoms with Crippen LogP contribution < -0.4 is 0 Å². The van der Waals surface area contributed by atoms with Gasteiger partial charge in [-0.2, -0.15) is 0 Å². The molecule has 0 aliphatic carbocycles. The molecule has 1 aliphatic rings. The van der Waals surface area contributed by atoms with Gasteiger partial charge in [0.25, 0.3) is 5.91 Å². The molecule has 3 aromatic carbocycles. The van der Waals surface area contributed by atoms with E-state index in [9.17, 15) is 9.18 Å². The minimum atomic E-state index is -0.269. The average molecular weight is 345 g/mol. The molecule has 1 heterocycles. The Labute approximate surface area is 152 Å². The normalized spacial score (nSPS) is 16.2. The quantitative estimate of drug-likeness (QED) is 0.645. The van der Waals surface area contributed by atoms with Gasteiger partial charge in [-0.05, 0) is 53.8 Å². The summed E-state index contributed by atoms with van der Waals surface area (Å²) in [6, 6.07) is 22.1. The number of hydrogen-bond acceptors (Lipinski definition) is 1. The van der Waals surface area contributed by atoms with Gasteiger partial charge in [-0.15, -0.1) is 0 Å². The summed E-state index contributed by atoms with van der Waals surface area (Å²) < 4.78 is 13.4. The van der Waals surface area contributed by atoms with E-state index in [0.29, 0.717) is 6.54 Å². The minimum absolute atomic E-state index is 0.0203. The highest BCUT2D eigenvalue weighted by atomic mass is 19.1. The fourth-order valence-electron chi connectivity index (χ4n) is 3.76. The van der Waals surface area contributed by atoms with Gasteiger partial charge in [-0.25, -0.2) is 4.39 Å². The van der Waals surface area contributed by atoms with Crippen LogP contribution in [0.25, 0.3) is 0 Å². The molecule has 0 aromatic heterocycles. The fraction of sp³-hybridized carbons (Fsp3) is 0.174. The SMILES string of the molecule is Cc1ccccc1C(=O)N1CCc2ccccc2[C@H]1c1ccc(F)cc1. The predicted octanol–water partition coefficient (Wildman–Crippen LogP) is 4.92. The number of aryl methyl sites for hydroxylation is 1. The van der Waals surface area contributed by atoms with Gasteiger partial charge in [0.05, 0.1) is 6.04 Å². The van der Waals surface area contributed by atoms with E-state index in [1.807, 2.05) is 48.2 Å². The number of fused-ring (bicyclic) bond motifs is 1. The standard InChI is InChI=1S/C23H20FNO/c1-16-6-2-4-8-20(16)23(26)25-15-14-17-7-3-5-9-21(17)22(25)18-10-12-19(24)13-11-18/h2-13,22H,14-15H2,1H3/t22-/m1/s1. The van der Waals surface area contributed by atoms with Crippen LogP contribution in [0.15, 0.2) is 72.8 Å². The van der Waals surface area contributed by atoms with E-state index >= 15 is 0 Å². The first kappa shape index (κ1) is 16.5. The van der Waals surface area contributed by atoms with Crippen molar-refractivity contribution in [3.05, 3.63) is 106 Å². The summed E-state index contributed by atoms with van der Waals surface area (Å²) in [4.78, 5) is 15.2. The lowest BCUT2D eigenvalue weighted by molar-refractivity contribution is 0.0694. The summed E-state index contributed by atoms with van der Waals surface area (Å²) >= 11 is 0. The van der Waals surface area contributed by atoms with Crippen LogP contribution in [0.3, 0.4) is 0 Å². The van der Waals surface area contributed by atoms with Crippen LogP contribution in [0, 0.1) is 12.7 Å². The van der Waals surface area contributed by atoms with Gasteiger partial charge in [0.2, 0.25) is 0 Å². The molecule has 3 aromatic rings. The molecule has 2 nitrogen and oxygen atoms in total. The summed E-state index contributed by atoms with van der Waals surface area (Å²) in [5.41, 5.74) is 4.98. The molecule has 1 aliphatic heterocycles. The van der Waals surface area contributed by atoms with Gasteiger partial charge >= 0.3 is 0 Å². The first-order chi connectivity index (χ1) is 12.6. The van der Waals surface area contributed by atoms with Crippen molar-refractivity contribution in [2.24, 2.45) is 0 Å². The molecular formula is C23H20FNO. The number of carbonyl (C=O) groups excluding carboxylic acids is 1. The van der Waals surface area contributed by atoms with Gasteiger partial charge in [-0.1, -0.05) is 54.6 Å². The van der Waals surface area contributed by atoms with E-state index < -0.39 is 0 Å². The van der Waals surface area contributed by atoms with Crippen molar-refractivity contribution in [2.75, 3.05) is 6.54 Å². The Balaban J connectivity index is 1.82. The van der Waals surface area contributed by atoms with Gasteiger partial charge in [-0.3, -0.25) is 4.79 Å². The average Bonchev–Trinajstić information content (AvgIpc) is 2.68. The van der Waals surface area contributed by atoms with E-state index in [4.69, 9.17) is 0 Å². The maximum Gasteiger partial charge on any atom is 0.254 e. The van der Waals surface area contributed by atoms with Gasteiger partial charge in [0.15, 0.2) is 0 Å². The molecule has 0 saturated carbocycles. The number of halogens is 1. The van der Waals surface area contributed by atoms with Gasteiger partial charge in [0, 0.05) is 12.1 Å². The van der Waals surface area contributed by atoms with E-state index in [1.54, 1.807) is 12.1 Å². The zero-order valence-electron chi connectivity index (χ0n) is 14.7. The zero-order valence-corrected chi connectivity index (χ0v) is 14.7. The third kappa shape index (κ3) is 2.90. The van der Waals surface area contributed by atoms with E-state index in [-0.39, 0.29) is 17.8 Å². The first-order valence-corrected chi connectivity index (χ1v) is 8.85. The van der Waals surface area contributed by atoms with Crippen molar-refractivity contribution in [2.45, 2.75) is 19.4 Å². The number of nitrogens with zero attached hydrogens (tertiary/aromatic N) is 1. The molecule has 0 fully saturated rings. The molecular weight excluding hydrogens is 325 g/mol. The Morgan fingerprint density at radius 3 is 2.42 bits per heavy atom. The minimum Gasteiger partial charge on any atom is -0.327 e. The Bertz CT molecular complexity index is 948. The Morgan fingerprint density at radius 1 is 0.962 bits per heavy atom. The molecule has 130 valence electrons. The van der Waals surface area contributed by atoms with Gasteiger partial charge in [0.1, 0.15) is 5.82 Å². The zero-order chi connectivity index (χ0) is 18.1. The van der Waals surface area contributed by atoms with E-state index in [1.165, 1.54) is 17.7 Å². The molecule has 0 saturated heterocycles. The van der Waals surface area contributed by atoms with Crippen molar-refractivity contribution in [3.8, 4) is 0 Å². The molecule has 0 spiro atoms. The summed E-state index contributed by atoms with van der Waals surface area (Å²) in [5.74, 6) is -0.249. The molecule has 0 unspecified atom stereocenters. The number of amides is 1. The van der Waals surface area contributed by atoms with E-state index in [0.717, 1.165) is 28.7 Å². The lowest BCUT2D eigenvalue weighted by atomic mass is 9.87. The topological polar surface area (TPSA) is 20.3 Å². The third-order valence-corrected chi connectivity index (χ3v) is 5.11. The first-order valence-electron chi connectivity index (χ1n) is 8.85. The Hall–Kier alpha value is -2.94. The summed E-state index contributed by atoms with van der Waals surface area (Å²) in [5, 5.41) is 0. The molecule has 1 atom stereocenters. The summed E-state index contributed by atoms with van der Waals surface area (Å²) in [6.45, 7) is 2.60. The highest BCUT2D eigenvalue weighted by molar-refractivity contribution is 5.96. The lowest BCUT2D eigenvalue weighted by Crippen LogP contribution is -2.40. The van der Waals surface area contributed by atoms with Crippen molar-refractivity contribution >= 4 is 5.91 Å². The second kappa shape index (κ2) is 6.75. The van der Waals surface area contributed by atoms with Crippen molar-refractivity contribution < 1.29 is 9.18 Å². The molecule has 0 N–H and O–H groups in total. The third-order valence-electron chi connectivity index (χ3n) is 5.11. The molecule has 4 rings (SSSR count). The molecule has 3 heteroatoms. The number of benzene rings is 3. The highest BCUT2D eigenvalue weighted by Crippen LogP contribution is 2.36. The molecule has 1 amide bonds. The highest BCUT2D eigenvalue weighted by Gasteiger charge is 2.32. The number of hydrogen-bond donors (Lipinski definition) is 0.